The van der Waals surface area contributed by atoms with Crippen LogP contribution in [0.1, 0.15) is 61.9 Å². The maximum atomic E-state index is 12.5. The molecular weight excluding hydrogens is 346 g/mol. The molecule has 0 radical (unpaired) electrons. The summed E-state index contributed by atoms with van der Waals surface area (Å²) in [7, 11) is 0. The molecule has 3 N–H and O–H groups in total. The zero-order valence-corrected chi connectivity index (χ0v) is 16.5. The number of anilines is 1. The molecule has 1 aromatic carbocycles. The van der Waals surface area contributed by atoms with Crippen LogP contribution in [0.15, 0.2) is 23.4 Å². The van der Waals surface area contributed by atoms with Crippen molar-refractivity contribution in [2.24, 2.45) is 0 Å². The van der Waals surface area contributed by atoms with E-state index in [4.69, 9.17) is 5.84 Å². The van der Waals surface area contributed by atoms with Gasteiger partial charge in [-0.3, -0.25) is 4.79 Å². The van der Waals surface area contributed by atoms with Gasteiger partial charge in [-0.05, 0) is 45.2 Å². The van der Waals surface area contributed by atoms with E-state index in [9.17, 15) is 4.79 Å². The predicted octanol–water partition coefficient (Wildman–Crippen LogP) is 3.78. The standard InChI is InChI=1S/C19H27N5OS/c1-12-9-10-16(13(2)11-12)21-18(25)14(3)26-19-23-22-17(24(19)20)15-7-5-4-6-8-15/h9-11,14-15H,4-8,20H2,1-3H3,(H,21,25)/t14-/m0/s1. The molecule has 6 nitrogen and oxygen atoms in total. The Morgan fingerprint density at radius 1 is 1.27 bits per heavy atom. The van der Waals surface area contributed by atoms with Crippen LogP contribution in [-0.4, -0.2) is 26.0 Å². The molecule has 0 saturated heterocycles. The van der Waals surface area contributed by atoms with Gasteiger partial charge in [0.15, 0.2) is 5.82 Å². The van der Waals surface area contributed by atoms with E-state index in [0.29, 0.717) is 11.1 Å². The lowest BCUT2D eigenvalue weighted by molar-refractivity contribution is -0.115. The molecule has 1 saturated carbocycles. The van der Waals surface area contributed by atoms with Gasteiger partial charge in [0.1, 0.15) is 0 Å². The molecule has 0 bridgehead atoms. The average molecular weight is 374 g/mol. The molecule has 1 amide bonds. The van der Waals surface area contributed by atoms with Crippen LogP contribution in [0.3, 0.4) is 0 Å². The smallest absolute Gasteiger partial charge is 0.237 e. The highest BCUT2D eigenvalue weighted by Gasteiger charge is 2.25. The highest BCUT2D eigenvalue weighted by molar-refractivity contribution is 8.00. The van der Waals surface area contributed by atoms with Gasteiger partial charge < -0.3 is 11.2 Å². The summed E-state index contributed by atoms with van der Waals surface area (Å²) in [5.74, 6) is 7.38. The van der Waals surface area contributed by atoms with Crippen LogP contribution in [0.4, 0.5) is 5.69 Å². The van der Waals surface area contributed by atoms with Crippen LogP contribution in [0, 0.1) is 13.8 Å². The topological polar surface area (TPSA) is 85.8 Å². The number of benzene rings is 1. The molecule has 0 aliphatic heterocycles. The lowest BCUT2D eigenvalue weighted by Gasteiger charge is -2.20. The molecule has 1 aliphatic carbocycles. The van der Waals surface area contributed by atoms with E-state index in [2.05, 4.69) is 21.6 Å². The van der Waals surface area contributed by atoms with E-state index in [1.54, 1.807) is 4.68 Å². The number of nitrogens with one attached hydrogen (secondary N) is 1. The second-order valence-electron chi connectivity index (χ2n) is 7.11. The lowest BCUT2D eigenvalue weighted by Crippen LogP contribution is -2.24. The Kier molecular flexibility index (Phi) is 5.86. The number of nitrogen functional groups attached to an aromatic ring is 1. The second-order valence-corrected chi connectivity index (χ2v) is 8.42. The Bertz CT molecular complexity index is 782. The fourth-order valence-electron chi connectivity index (χ4n) is 3.41. The fourth-order valence-corrected chi connectivity index (χ4v) is 4.18. The van der Waals surface area contributed by atoms with Gasteiger partial charge in [-0.1, -0.05) is 48.7 Å². The highest BCUT2D eigenvalue weighted by atomic mass is 32.2. The minimum absolute atomic E-state index is 0.0656. The first-order chi connectivity index (χ1) is 12.5. The maximum Gasteiger partial charge on any atom is 0.237 e. The number of nitrogens with two attached hydrogens (primary N) is 1. The molecule has 1 atom stereocenters. The van der Waals surface area contributed by atoms with E-state index >= 15 is 0 Å². The van der Waals surface area contributed by atoms with Crippen LogP contribution in [0.2, 0.25) is 0 Å². The Morgan fingerprint density at radius 2 is 2.00 bits per heavy atom. The Labute approximate surface area is 158 Å². The second kappa shape index (κ2) is 8.12. The van der Waals surface area contributed by atoms with Gasteiger partial charge in [0.2, 0.25) is 11.1 Å². The number of nitrogens with zero attached hydrogens (tertiary/aromatic N) is 3. The number of thioether (sulfide) groups is 1. The van der Waals surface area contributed by atoms with E-state index in [0.717, 1.165) is 29.9 Å². The Morgan fingerprint density at radius 3 is 2.69 bits per heavy atom. The van der Waals surface area contributed by atoms with Gasteiger partial charge in [-0.15, -0.1) is 10.2 Å². The molecular formula is C19H27N5OS. The molecule has 7 heteroatoms. The number of carbonyl (C=O) groups is 1. The summed E-state index contributed by atoms with van der Waals surface area (Å²) in [6, 6.07) is 5.99. The monoisotopic (exact) mass is 373 g/mol. The first-order valence-electron chi connectivity index (χ1n) is 9.21. The van der Waals surface area contributed by atoms with Gasteiger partial charge >= 0.3 is 0 Å². The number of aromatic nitrogens is 3. The largest absolute Gasteiger partial charge is 0.336 e. The van der Waals surface area contributed by atoms with Crippen LogP contribution in [-0.2, 0) is 4.79 Å². The summed E-state index contributed by atoms with van der Waals surface area (Å²) in [5.41, 5.74) is 3.07. The minimum atomic E-state index is -0.318. The van der Waals surface area contributed by atoms with Crippen molar-refractivity contribution in [2.75, 3.05) is 11.2 Å². The van der Waals surface area contributed by atoms with Gasteiger partial charge in [0.05, 0.1) is 5.25 Å². The summed E-state index contributed by atoms with van der Waals surface area (Å²) in [4.78, 5) is 12.5. The van der Waals surface area contributed by atoms with Crippen molar-refractivity contribution in [1.82, 2.24) is 14.9 Å². The zero-order chi connectivity index (χ0) is 18.7. The van der Waals surface area contributed by atoms with Crippen LogP contribution in [0.5, 0.6) is 0 Å². The molecule has 26 heavy (non-hydrogen) atoms. The minimum Gasteiger partial charge on any atom is -0.336 e. The molecule has 1 fully saturated rings. The van der Waals surface area contributed by atoms with E-state index in [-0.39, 0.29) is 11.2 Å². The third kappa shape index (κ3) is 4.20. The van der Waals surface area contributed by atoms with Crippen molar-refractivity contribution < 1.29 is 4.79 Å². The quantitative estimate of drug-likeness (QED) is 0.615. The summed E-state index contributed by atoms with van der Waals surface area (Å²) >= 11 is 1.34. The van der Waals surface area contributed by atoms with Crippen molar-refractivity contribution >= 4 is 23.4 Å². The number of carbonyl (C=O) groups excluding carboxylic acids is 1. The van der Waals surface area contributed by atoms with Crippen molar-refractivity contribution in [3.63, 3.8) is 0 Å². The van der Waals surface area contributed by atoms with Crippen molar-refractivity contribution in [1.29, 1.82) is 0 Å². The van der Waals surface area contributed by atoms with Crippen LogP contribution in [0.25, 0.3) is 0 Å². The van der Waals surface area contributed by atoms with Gasteiger partial charge in [-0.25, -0.2) is 4.68 Å². The third-order valence-corrected chi connectivity index (χ3v) is 6.01. The Hall–Kier alpha value is -2.02. The summed E-state index contributed by atoms with van der Waals surface area (Å²) < 4.78 is 1.57. The molecule has 2 aromatic rings. The third-order valence-electron chi connectivity index (χ3n) is 4.95. The SMILES string of the molecule is Cc1ccc(NC(=O)[C@H](C)Sc2nnc(C3CCCCC3)n2N)c(C)c1. The van der Waals surface area contributed by atoms with E-state index in [1.165, 1.54) is 36.6 Å². The summed E-state index contributed by atoms with van der Waals surface area (Å²) in [5, 5.41) is 11.8. The number of rotatable bonds is 5. The molecule has 1 aromatic heterocycles. The van der Waals surface area contributed by atoms with Gasteiger partial charge in [0, 0.05) is 11.6 Å². The number of aryl methyl sites for hydroxylation is 2. The van der Waals surface area contributed by atoms with E-state index < -0.39 is 0 Å². The first-order valence-corrected chi connectivity index (χ1v) is 10.1. The normalized spacial score (nSPS) is 16.4. The van der Waals surface area contributed by atoms with Gasteiger partial charge in [0.25, 0.3) is 0 Å². The van der Waals surface area contributed by atoms with Crippen molar-refractivity contribution in [3.05, 3.63) is 35.2 Å². The van der Waals surface area contributed by atoms with E-state index in [1.807, 2.05) is 32.9 Å². The molecule has 0 spiro atoms. The summed E-state index contributed by atoms with van der Waals surface area (Å²) in [6.07, 6.45) is 5.95. The molecule has 140 valence electrons. The van der Waals surface area contributed by atoms with Crippen LogP contribution >= 0.6 is 11.8 Å². The maximum absolute atomic E-state index is 12.5. The van der Waals surface area contributed by atoms with Crippen molar-refractivity contribution in [2.45, 2.75) is 69.2 Å². The summed E-state index contributed by atoms with van der Waals surface area (Å²) in [6.45, 7) is 5.89. The molecule has 0 unspecified atom stereocenters. The first kappa shape index (κ1) is 18.8. The van der Waals surface area contributed by atoms with Crippen molar-refractivity contribution in [3.8, 4) is 0 Å². The highest BCUT2D eigenvalue weighted by Crippen LogP contribution is 2.33. The molecule has 1 heterocycles. The zero-order valence-electron chi connectivity index (χ0n) is 15.7. The number of hydrogen-bond acceptors (Lipinski definition) is 5. The predicted molar refractivity (Wildman–Crippen MR) is 106 cm³/mol. The average Bonchev–Trinajstić information content (AvgIpc) is 2.98. The Balaban J connectivity index is 1.64. The van der Waals surface area contributed by atoms with Gasteiger partial charge in [-0.2, -0.15) is 0 Å². The number of hydrogen-bond donors (Lipinski definition) is 2. The lowest BCUT2D eigenvalue weighted by atomic mass is 9.89. The molecule has 3 rings (SSSR count). The molecule has 1 aliphatic rings. The fraction of sp³-hybridized carbons (Fsp3) is 0.526. The number of amides is 1. The van der Waals surface area contributed by atoms with Crippen LogP contribution < -0.4 is 11.2 Å².